The highest BCUT2D eigenvalue weighted by Crippen LogP contribution is 2.41. The first-order chi connectivity index (χ1) is 14.9. The van der Waals surface area contributed by atoms with E-state index in [0.29, 0.717) is 11.8 Å². The Balaban J connectivity index is 1.50. The Kier molecular flexibility index (Phi) is 10.7. The lowest BCUT2D eigenvalue weighted by molar-refractivity contribution is -0.688. The number of rotatable bonds is 13. The highest BCUT2D eigenvalue weighted by Gasteiger charge is 2.13. The largest absolute Gasteiger partial charge is 0.252 e. The van der Waals surface area contributed by atoms with Crippen LogP contribution in [0.5, 0.6) is 0 Å². The molecular weight excluding hydrogens is 654 g/mol. The van der Waals surface area contributed by atoms with Gasteiger partial charge in [0.25, 0.3) is 0 Å². The Morgan fingerprint density at radius 1 is 1.16 bits per heavy atom. The van der Waals surface area contributed by atoms with Crippen LogP contribution in [0.15, 0.2) is 31.1 Å². The number of imidazole rings is 1. The summed E-state index contributed by atoms with van der Waals surface area (Å²) in [5.74, 6) is 1.26. The summed E-state index contributed by atoms with van der Waals surface area (Å²) in [4.78, 5) is 1.24. The van der Waals surface area contributed by atoms with E-state index in [2.05, 4.69) is 127 Å². The summed E-state index contributed by atoms with van der Waals surface area (Å²) in [6, 6.07) is 0. The summed E-state index contributed by atoms with van der Waals surface area (Å²) < 4.78 is 8.22. The molecule has 0 amide bonds. The van der Waals surface area contributed by atoms with Gasteiger partial charge in [0.05, 0.1) is 12.4 Å². The molecule has 0 aliphatic carbocycles. The molecule has 166 valence electrons. The van der Waals surface area contributed by atoms with Crippen molar-refractivity contribution in [1.82, 2.24) is 34.6 Å². The van der Waals surface area contributed by atoms with Gasteiger partial charge in [0, 0.05) is 13.1 Å². The molecule has 0 aliphatic rings. The number of halogens is 2. The van der Waals surface area contributed by atoms with E-state index < -0.39 is 0 Å². The van der Waals surface area contributed by atoms with E-state index in [1.54, 1.807) is 0 Å². The van der Waals surface area contributed by atoms with Crippen LogP contribution in [0.3, 0.4) is 0 Å². The second-order valence-corrected chi connectivity index (χ2v) is 18.2. The maximum absolute atomic E-state index is 4.35. The zero-order chi connectivity index (χ0) is 22.2. The van der Waals surface area contributed by atoms with Crippen LogP contribution in [0, 0.1) is 11.8 Å². The molecule has 0 saturated carbocycles. The van der Waals surface area contributed by atoms with Crippen molar-refractivity contribution >= 4 is 70.7 Å². The molecule has 0 bridgehead atoms. The standard InChI is InChI=1S/C17H29B2I2N8P2/c1-14(11-30-19-20)5-28-9-16(22-24-28)7-26-3-4-27(13-26)8-17-10-29(25-23-17)6-15(2)12-31(18)21/h3-4,9-10,13-15,19,30H,5-8,11-12,18H2,1-2H3/q+1. The fraction of sp³-hybridized carbons (Fsp3) is 0.588. The summed E-state index contributed by atoms with van der Waals surface area (Å²) in [6.45, 7) is 7.88. The van der Waals surface area contributed by atoms with E-state index in [1.165, 1.54) is 17.2 Å². The molecule has 3 rings (SSSR count). The van der Waals surface area contributed by atoms with Gasteiger partial charge < -0.3 is 0 Å². The molecule has 0 fully saturated rings. The third-order valence-corrected chi connectivity index (χ3v) is 9.86. The fourth-order valence-electron chi connectivity index (χ4n) is 3.49. The average Bonchev–Trinajstić information content (AvgIpc) is 3.43. The second kappa shape index (κ2) is 13.0. The van der Waals surface area contributed by atoms with Crippen molar-refractivity contribution < 1.29 is 4.57 Å². The molecule has 3 aromatic heterocycles. The van der Waals surface area contributed by atoms with Gasteiger partial charge in [-0.25, -0.2) is 9.13 Å². The first-order valence-electron chi connectivity index (χ1n) is 10.4. The summed E-state index contributed by atoms with van der Waals surface area (Å²) in [7, 11) is 3.34. The summed E-state index contributed by atoms with van der Waals surface area (Å²) >= 11 is 5.00. The average molecular weight is 683 g/mol. The minimum Gasteiger partial charge on any atom is -0.252 e. The van der Waals surface area contributed by atoms with Crippen molar-refractivity contribution in [3.8, 4) is 0 Å². The van der Waals surface area contributed by atoms with E-state index >= 15 is 0 Å². The Morgan fingerprint density at radius 2 is 1.84 bits per heavy atom. The topological polar surface area (TPSA) is 70.2 Å². The van der Waals surface area contributed by atoms with Gasteiger partial charge in [-0.15, -0.1) is 41.0 Å². The second-order valence-electron chi connectivity index (χ2n) is 8.21. The summed E-state index contributed by atoms with van der Waals surface area (Å²) in [5.41, 5.74) is 2.06. The van der Waals surface area contributed by atoms with Gasteiger partial charge in [0.1, 0.15) is 44.4 Å². The number of hydrogen-bond donors (Lipinski definition) is 0. The molecule has 3 heterocycles. The van der Waals surface area contributed by atoms with Crippen molar-refractivity contribution in [2.75, 3.05) is 12.3 Å². The molecule has 0 spiro atoms. The number of aromatic nitrogens is 8. The van der Waals surface area contributed by atoms with Gasteiger partial charge in [-0.1, -0.05) is 51.8 Å². The van der Waals surface area contributed by atoms with Crippen LogP contribution >= 0.6 is 58.3 Å². The Morgan fingerprint density at radius 3 is 2.55 bits per heavy atom. The third-order valence-electron chi connectivity index (χ3n) is 4.76. The summed E-state index contributed by atoms with van der Waals surface area (Å²) in [6.07, 6.45) is 12.9. The highest BCUT2D eigenvalue weighted by atomic mass is 127. The van der Waals surface area contributed by atoms with Gasteiger partial charge >= 0.3 is 0 Å². The van der Waals surface area contributed by atoms with E-state index in [9.17, 15) is 0 Å². The van der Waals surface area contributed by atoms with Crippen LogP contribution in [0.2, 0.25) is 0 Å². The Bertz CT molecular complexity index is 935. The summed E-state index contributed by atoms with van der Waals surface area (Å²) in [5, 5.41) is 17.3. The van der Waals surface area contributed by atoms with Gasteiger partial charge in [0.2, 0.25) is 11.2 Å². The molecule has 0 aliphatic heterocycles. The maximum Gasteiger partial charge on any atom is 0.244 e. The normalized spacial score (nSPS) is 14.8. The zero-order valence-electron chi connectivity index (χ0n) is 18.3. The lowest BCUT2D eigenvalue weighted by Crippen LogP contribution is -2.31. The van der Waals surface area contributed by atoms with Gasteiger partial charge in [-0.05, 0) is 24.2 Å². The van der Waals surface area contributed by atoms with Crippen molar-refractivity contribution in [2.24, 2.45) is 11.8 Å². The molecule has 8 nitrogen and oxygen atoms in total. The van der Waals surface area contributed by atoms with Gasteiger partial charge in [-0.2, -0.15) is 0 Å². The molecular formula is C17H29B2I2N8P2+. The molecule has 4 unspecified atom stereocenters. The maximum atomic E-state index is 4.35. The minimum absolute atomic E-state index is 0.0970. The number of nitrogens with zero attached hydrogens (tertiary/aromatic N) is 8. The van der Waals surface area contributed by atoms with E-state index in [4.69, 9.17) is 0 Å². The van der Waals surface area contributed by atoms with Gasteiger partial charge in [0.15, 0.2) is 0 Å². The lowest BCUT2D eigenvalue weighted by Gasteiger charge is -2.12. The smallest absolute Gasteiger partial charge is 0.244 e. The molecule has 4 atom stereocenters. The van der Waals surface area contributed by atoms with Crippen LogP contribution in [0.4, 0.5) is 0 Å². The third kappa shape index (κ3) is 9.01. The van der Waals surface area contributed by atoms with E-state index in [-0.39, 0.29) is 5.44 Å². The highest BCUT2D eigenvalue weighted by molar-refractivity contribution is 14.2. The Labute approximate surface area is 215 Å². The van der Waals surface area contributed by atoms with Crippen molar-refractivity contribution in [3.05, 3.63) is 42.5 Å². The first kappa shape index (κ1) is 25.6. The minimum atomic E-state index is 0.0970. The van der Waals surface area contributed by atoms with Crippen molar-refractivity contribution in [3.63, 3.8) is 0 Å². The predicted octanol–water partition coefficient (Wildman–Crippen LogP) is 2.09. The molecule has 0 aromatic carbocycles. The van der Waals surface area contributed by atoms with E-state index in [1.807, 2.05) is 9.36 Å². The molecule has 0 radical (unpaired) electrons. The zero-order valence-corrected chi connectivity index (χ0v) is 24.5. The molecule has 0 saturated heterocycles. The van der Waals surface area contributed by atoms with Crippen molar-refractivity contribution in [1.29, 1.82) is 0 Å². The van der Waals surface area contributed by atoms with Crippen LogP contribution in [0.1, 0.15) is 25.2 Å². The molecule has 0 N–H and O–H groups in total. The quantitative estimate of drug-likeness (QED) is 0.120. The van der Waals surface area contributed by atoms with Crippen LogP contribution < -0.4 is 4.57 Å². The van der Waals surface area contributed by atoms with Crippen molar-refractivity contribution in [2.45, 2.75) is 40.0 Å². The molecule has 31 heavy (non-hydrogen) atoms. The Hall–Kier alpha value is -0.0601. The SMILES string of the molecule is BP(I)CC(C)Cn1cc(C[n+]2ccn(Cc3cn(CC(C)CPBI)nn3)c2)nn1. The fourth-order valence-corrected chi connectivity index (χ4v) is 8.15. The van der Waals surface area contributed by atoms with Crippen LogP contribution in [-0.4, -0.2) is 59.3 Å². The first-order valence-corrected chi connectivity index (χ1v) is 18.1. The van der Waals surface area contributed by atoms with Crippen LogP contribution in [-0.2, 0) is 26.2 Å². The lowest BCUT2D eigenvalue weighted by atomic mass is 10.2. The monoisotopic (exact) mass is 683 g/mol. The van der Waals surface area contributed by atoms with E-state index in [0.717, 1.165) is 46.0 Å². The molecule has 14 heteroatoms. The van der Waals surface area contributed by atoms with Gasteiger partial charge in [-0.3, -0.25) is 9.36 Å². The molecule has 3 aromatic rings. The number of hydrogen-bond acceptors (Lipinski definition) is 4. The predicted molar refractivity (Wildman–Crippen MR) is 150 cm³/mol. The van der Waals surface area contributed by atoms with Crippen LogP contribution in [0.25, 0.3) is 0 Å².